The number of allylic oxidation sites excluding steroid dienone is 1. The third-order valence-electron chi connectivity index (χ3n) is 7.81. The van der Waals surface area contributed by atoms with Gasteiger partial charge in [-0.25, -0.2) is 9.78 Å². The molecule has 0 fully saturated rings. The summed E-state index contributed by atoms with van der Waals surface area (Å²) in [5, 5.41) is 3.27. The van der Waals surface area contributed by atoms with Crippen molar-refractivity contribution in [1.82, 2.24) is 4.98 Å². The number of hydrogen-bond acceptors (Lipinski definition) is 6. The van der Waals surface area contributed by atoms with Crippen LogP contribution in [0.25, 0.3) is 6.08 Å². The fourth-order valence-corrected chi connectivity index (χ4v) is 5.79. The lowest BCUT2D eigenvalue weighted by molar-refractivity contribution is -0.159. The number of ether oxygens (including phenoxy) is 2. The fourth-order valence-electron chi connectivity index (χ4n) is 4.09. The number of aryl methyl sites for hydroxylation is 1. The maximum atomic E-state index is 13.2. The van der Waals surface area contributed by atoms with Gasteiger partial charge in [0, 0.05) is 25.5 Å². The minimum atomic E-state index is -1.71. The Hall–Kier alpha value is -2.06. The number of esters is 1. The van der Waals surface area contributed by atoms with E-state index in [2.05, 4.69) is 58.8 Å². The first kappa shape index (κ1) is 34.1. The first-order valence-electron chi connectivity index (χ1n) is 14.4. The summed E-state index contributed by atoms with van der Waals surface area (Å²) in [4.78, 5) is 17.8. The molecule has 1 aromatic carbocycles. The van der Waals surface area contributed by atoms with Crippen LogP contribution in [-0.2, 0) is 18.7 Å². The molecule has 5 nitrogen and oxygen atoms in total. The summed E-state index contributed by atoms with van der Waals surface area (Å²) >= 11 is 1.61. The second-order valence-electron chi connectivity index (χ2n) is 12.5. The Kier molecular flexibility index (Phi) is 13.5. The summed E-state index contributed by atoms with van der Waals surface area (Å²) in [7, 11) is -0.170. The van der Waals surface area contributed by atoms with Crippen LogP contribution in [0.3, 0.4) is 0 Å². The highest BCUT2D eigenvalue weighted by Crippen LogP contribution is 2.37. The van der Waals surface area contributed by atoms with E-state index in [1.165, 1.54) is 12.7 Å². The predicted molar refractivity (Wildman–Crippen MR) is 171 cm³/mol. The molecule has 0 spiro atoms. The molecule has 0 aliphatic rings. The topological polar surface area (TPSA) is 57.7 Å². The van der Waals surface area contributed by atoms with E-state index in [0.29, 0.717) is 12.3 Å². The van der Waals surface area contributed by atoms with Gasteiger partial charge in [0.05, 0.1) is 10.7 Å². The molecule has 1 heterocycles. The normalized spacial score (nSPS) is 15.6. The Labute approximate surface area is 248 Å². The number of rotatable bonds is 15. The van der Waals surface area contributed by atoms with Crippen molar-refractivity contribution in [2.45, 2.75) is 104 Å². The van der Waals surface area contributed by atoms with Crippen molar-refractivity contribution in [3.05, 3.63) is 69.2 Å². The van der Waals surface area contributed by atoms with Crippen molar-refractivity contribution in [2.75, 3.05) is 13.7 Å². The van der Waals surface area contributed by atoms with Crippen LogP contribution >= 0.6 is 11.3 Å². The molecule has 0 radical (unpaired) electrons. The van der Waals surface area contributed by atoms with Gasteiger partial charge in [0.15, 0.2) is 14.4 Å². The van der Waals surface area contributed by atoms with Crippen molar-refractivity contribution in [2.24, 2.45) is 5.92 Å². The molecule has 0 saturated heterocycles. The van der Waals surface area contributed by atoms with Crippen LogP contribution in [0.1, 0.15) is 89.6 Å². The molecule has 0 amide bonds. The first-order chi connectivity index (χ1) is 18.7. The van der Waals surface area contributed by atoms with E-state index in [4.69, 9.17) is 13.9 Å². The lowest BCUT2D eigenvalue weighted by atomic mass is 10.00. The molecule has 0 N–H and O–H groups in total. The molecule has 2 rings (SSSR count). The van der Waals surface area contributed by atoms with Crippen LogP contribution in [0.4, 0.5) is 0 Å². The van der Waals surface area contributed by atoms with E-state index in [1.807, 2.05) is 55.6 Å². The summed E-state index contributed by atoms with van der Waals surface area (Å²) in [6.45, 7) is 20.8. The van der Waals surface area contributed by atoms with E-state index in [9.17, 15) is 4.79 Å². The SMILES string of the molecule is CO[C@@H](C(=O)OC(CC=C(C)CCC[C@@H](C)CO[Si](C)(C)C(C)(C)C)C(C)=Cc1csc(C)n1)c1ccccc1. The lowest BCUT2D eigenvalue weighted by Crippen LogP contribution is -2.41. The van der Waals surface area contributed by atoms with Crippen molar-refractivity contribution in [1.29, 1.82) is 0 Å². The molecule has 1 unspecified atom stereocenters. The minimum absolute atomic E-state index is 0.237. The molecule has 40 heavy (non-hydrogen) atoms. The highest BCUT2D eigenvalue weighted by Gasteiger charge is 2.37. The Morgan fingerprint density at radius 3 is 2.40 bits per heavy atom. The third kappa shape index (κ3) is 11.1. The monoisotopic (exact) mass is 585 g/mol. The zero-order valence-corrected chi connectivity index (χ0v) is 28.2. The van der Waals surface area contributed by atoms with Gasteiger partial charge in [-0.15, -0.1) is 11.3 Å². The molecule has 1 aromatic heterocycles. The van der Waals surface area contributed by atoms with Gasteiger partial charge in [-0.1, -0.05) is 69.7 Å². The maximum Gasteiger partial charge on any atom is 0.340 e. The average molecular weight is 586 g/mol. The Morgan fingerprint density at radius 2 is 1.82 bits per heavy atom. The number of benzene rings is 1. The van der Waals surface area contributed by atoms with Crippen LogP contribution in [0.5, 0.6) is 0 Å². The average Bonchev–Trinajstić information content (AvgIpc) is 3.29. The standard InChI is InChI=1S/C33H51NO4SSi/c1-24(15-14-16-25(2)22-37-40(9,10)33(5,6)7)19-20-30(26(3)21-29-23-39-27(4)34-29)38-32(35)31(36-8)28-17-12-11-13-18-28/h11-13,17-19,21,23,25,30-31H,14-16,20,22H2,1-10H3/t25-,30?,31-/m1/s1. The van der Waals surface area contributed by atoms with E-state index >= 15 is 0 Å². The van der Waals surface area contributed by atoms with Crippen LogP contribution in [0, 0.1) is 12.8 Å². The van der Waals surface area contributed by atoms with E-state index in [1.54, 1.807) is 11.3 Å². The van der Waals surface area contributed by atoms with Crippen molar-refractivity contribution in [3.8, 4) is 0 Å². The summed E-state index contributed by atoms with van der Waals surface area (Å²) in [6, 6.07) is 9.48. The van der Waals surface area contributed by atoms with E-state index in [-0.39, 0.29) is 11.0 Å². The molecule has 222 valence electrons. The number of hydrogen-bond donors (Lipinski definition) is 0. The van der Waals surface area contributed by atoms with Crippen molar-refractivity contribution < 1.29 is 18.7 Å². The number of carbonyl (C=O) groups excluding carboxylic acids is 1. The zero-order valence-electron chi connectivity index (χ0n) is 26.4. The molecule has 7 heteroatoms. The molecule has 0 aliphatic carbocycles. The molecule has 0 aliphatic heterocycles. The van der Waals surface area contributed by atoms with Gasteiger partial charge in [0.25, 0.3) is 0 Å². The van der Waals surface area contributed by atoms with E-state index in [0.717, 1.165) is 47.7 Å². The largest absolute Gasteiger partial charge is 0.455 e. The lowest BCUT2D eigenvalue weighted by Gasteiger charge is -2.37. The predicted octanol–water partition coefficient (Wildman–Crippen LogP) is 9.32. The summed E-state index contributed by atoms with van der Waals surface area (Å²) < 4.78 is 18.0. The van der Waals surface area contributed by atoms with Gasteiger partial charge in [0.2, 0.25) is 0 Å². The summed E-state index contributed by atoms with van der Waals surface area (Å²) in [6.07, 6.45) is 6.93. The molecule has 2 aromatic rings. The van der Waals surface area contributed by atoms with E-state index < -0.39 is 20.5 Å². The van der Waals surface area contributed by atoms with Crippen LogP contribution in [-0.4, -0.2) is 39.1 Å². The van der Waals surface area contributed by atoms with Crippen molar-refractivity contribution in [3.63, 3.8) is 0 Å². The number of carbonyl (C=O) groups is 1. The van der Waals surface area contributed by atoms with Crippen molar-refractivity contribution >= 4 is 31.7 Å². The van der Waals surface area contributed by atoms with Crippen LogP contribution in [0.2, 0.25) is 18.1 Å². The fraction of sp³-hybridized carbons (Fsp3) is 0.576. The highest BCUT2D eigenvalue weighted by atomic mass is 32.1. The Bertz CT molecular complexity index is 1120. The molecule has 0 saturated carbocycles. The van der Waals surface area contributed by atoms with Gasteiger partial charge in [0.1, 0.15) is 6.10 Å². The number of thiazole rings is 1. The molecule has 3 atom stereocenters. The Balaban J connectivity index is 2.03. The molecular formula is C33H51NO4SSi. The second-order valence-corrected chi connectivity index (χ2v) is 18.4. The van der Waals surface area contributed by atoms with Crippen LogP contribution < -0.4 is 0 Å². The quantitative estimate of drug-likeness (QED) is 0.118. The van der Waals surface area contributed by atoms with Gasteiger partial charge in [-0.2, -0.15) is 0 Å². The molecule has 0 bridgehead atoms. The molecular weight excluding hydrogens is 535 g/mol. The second kappa shape index (κ2) is 15.8. The third-order valence-corrected chi connectivity index (χ3v) is 13.1. The van der Waals surface area contributed by atoms with Crippen LogP contribution in [0.15, 0.2) is 52.9 Å². The van der Waals surface area contributed by atoms with Gasteiger partial charge >= 0.3 is 5.97 Å². The van der Waals surface area contributed by atoms with Gasteiger partial charge in [-0.05, 0) is 81.3 Å². The Morgan fingerprint density at radius 1 is 1.15 bits per heavy atom. The van der Waals surface area contributed by atoms with Gasteiger partial charge < -0.3 is 13.9 Å². The summed E-state index contributed by atoms with van der Waals surface area (Å²) in [5.41, 5.74) is 3.94. The maximum absolute atomic E-state index is 13.2. The highest BCUT2D eigenvalue weighted by molar-refractivity contribution is 7.09. The number of aromatic nitrogens is 1. The smallest absolute Gasteiger partial charge is 0.340 e. The zero-order chi connectivity index (χ0) is 29.9. The summed E-state index contributed by atoms with van der Waals surface area (Å²) in [5.74, 6) is 0.147. The number of methoxy groups -OCH3 is 1. The minimum Gasteiger partial charge on any atom is -0.455 e. The number of nitrogens with zero attached hydrogens (tertiary/aromatic N) is 1. The first-order valence-corrected chi connectivity index (χ1v) is 18.2. The van der Waals surface area contributed by atoms with Gasteiger partial charge in [-0.3, -0.25) is 0 Å².